The summed E-state index contributed by atoms with van der Waals surface area (Å²) in [6, 6.07) is 21.8. The molecular formula is C24H18ClNO4S. The Balaban J connectivity index is 1.58. The summed E-state index contributed by atoms with van der Waals surface area (Å²) in [4.78, 5) is 26.8. The number of carbonyl (C=O) groups excluding carboxylic acids is 2. The van der Waals surface area contributed by atoms with Gasteiger partial charge in [0.1, 0.15) is 6.61 Å². The van der Waals surface area contributed by atoms with Crippen LogP contribution in [0, 0.1) is 0 Å². The van der Waals surface area contributed by atoms with Crippen LogP contribution in [0.15, 0.2) is 77.7 Å². The smallest absolute Gasteiger partial charge is 0.298 e. The summed E-state index contributed by atoms with van der Waals surface area (Å²) in [6.07, 6.45) is 1.67. The second-order valence-corrected chi connectivity index (χ2v) is 8.11. The first-order valence-electron chi connectivity index (χ1n) is 9.43. The Morgan fingerprint density at radius 1 is 0.968 bits per heavy atom. The zero-order chi connectivity index (χ0) is 21.8. The number of thioether (sulfide) groups is 1. The summed E-state index contributed by atoms with van der Waals surface area (Å²) in [5.41, 5.74) is 2.19. The summed E-state index contributed by atoms with van der Waals surface area (Å²) in [7, 11) is 1.57. The van der Waals surface area contributed by atoms with Crippen molar-refractivity contribution in [1.29, 1.82) is 0 Å². The molecule has 2 amide bonds. The third-order valence-electron chi connectivity index (χ3n) is 4.58. The van der Waals surface area contributed by atoms with Gasteiger partial charge in [-0.15, -0.1) is 0 Å². The normalized spacial score (nSPS) is 14.9. The summed E-state index contributed by atoms with van der Waals surface area (Å²) in [5, 5.41) is 0.0865. The zero-order valence-corrected chi connectivity index (χ0v) is 18.2. The van der Waals surface area contributed by atoms with Gasteiger partial charge < -0.3 is 9.47 Å². The van der Waals surface area contributed by atoms with Crippen molar-refractivity contribution in [2.45, 2.75) is 6.61 Å². The summed E-state index contributed by atoms with van der Waals surface area (Å²) < 4.78 is 11.3. The van der Waals surface area contributed by atoms with Gasteiger partial charge in [0, 0.05) is 5.02 Å². The topological polar surface area (TPSA) is 55.8 Å². The van der Waals surface area contributed by atoms with Crippen LogP contribution in [0.25, 0.3) is 6.08 Å². The maximum atomic E-state index is 12.9. The van der Waals surface area contributed by atoms with Gasteiger partial charge in [-0.2, -0.15) is 0 Å². The first-order valence-corrected chi connectivity index (χ1v) is 10.6. The number of halogens is 1. The van der Waals surface area contributed by atoms with Gasteiger partial charge in [0.15, 0.2) is 11.5 Å². The van der Waals surface area contributed by atoms with Crippen molar-refractivity contribution < 1.29 is 19.1 Å². The van der Waals surface area contributed by atoms with Crippen LogP contribution in [-0.2, 0) is 11.4 Å². The number of hydrogen-bond donors (Lipinski definition) is 0. The number of amides is 2. The number of benzene rings is 3. The van der Waals surface area contributed by atoms with Crippen LogP contribution in [0.4, 0.5) is 10.5 Å². The minimum Gasteiger partial charge on any atom is -0.493 e. The highest BCUT2D eigenvalue weighted by Gasteiger charge is 2.36. The molecule has 3 aromatic carbocycles. The second kappa shape index (κ2) is 9.29. The van der Waals surface area contributed by atoms with Crippen LogP contribution in [0.3, 0.4) is 0 Å². The molecular weight excluding hydrogens is 434 g/mol. The van der Waals surface area contributed by atoms with Crippen molar-refractivity contribution in [2.75, 3.05) is 12.0 Å². The molecule has 1 heterocycles. The number of nitrogens with zero attached hydrogens (tertiary/aromatic N) is 1. The molecule has 31 heavy (non-hydrogen) atoms. The third-order valence-corrected chi connectivity index (χ3v) is 5.69. The van der Waals surface area contributed by atoms with E-state index in [1.807, 2.05) is 36.4 Å². The van der Waals surface area contributed by atoms with E-state index >= 15 is 0 Å². The summed E-state index contributed by atoms with van der Waals surface area (Å²) in [5.74, 6) is 0.745. The number of methoxy groups -OCH3 is 1. The number of imide groups is 1. The molecule has 0 aromatic heterocycles. The molecule has 0 spiro atoms. The zero-order valence-electron chi connectivity index (χ0n) is 16.6. The summed E-state index contributed by atoms with van der Waals surface area (Å²) in [6.45, 7) is 0.381. The molecule has 0 radical (unpaired) electrons. The average Bonchev–Trinajstić information content (AvgIpc) is 3.06. The maximum absolute atomic E-state index is 12.9. The fraction of sp³-hybridized carbons (Fsp3) is 0.0833. The second-order valence-electron chi connectivity index (χ2n) is 6.68. The largest absolute Gasteiger partial charge is 0.493 e. The lowest BCUT2D eigenvalue weighted by molar-refractivity contribution is -0.113. The predicted octanol–water partition coefficient (Wildman–Crippen LogP) is 6.17. The van der Waals surface area contributed by atoms with E-state index < -0.39 is 0 Å². The molecule has 1 aliphatic rings. The van der Waals surface area contributed by atoms with Crippen molar-refractivity contribution >= 4 is 46.3 Å². The standard InChI is InChI=1S/C24H18ClNO4S/c1-29-20-11-10-17(12-21(20)30-15-16-6-3-2-4-7-16)13-22-23(27)26(24(28)31-22)19-9-5-8-18(25)14-19/h2-14H,15H2,1H3/b22-13+. The van der Waals surface area contributed by atoms with Gasteiger partial charge in [-0.3, -0.25) is 9.59 Å². The molecule has 7 heteroatoms. The monoisotopic (exact) mass is 451 g/mol. The maximum Gasteiger partial charge on any atom is 0.298 e. The average molecular weight is 452 g/mol. The molecule has 5 nitrogen and oxygen atoms in total. The van der Waals surface area contributed by atoms with Crippen molar-refractivity contribution in [3.8, 4) is 11.5 Å². The Bertz CT molecular complexity index is 1160. The van der Waals surface area contributed by atoms with E-state index in [0.29, 0.717) is 33.7 Å². The minimum atomic E-state index is -0.389. The molecule has 1 saturated heterocycles. The Hall–Kier alpha value is -3.22. The molecule has 1 aliphatic heterocycles. The molecule has 0 N–H and O–H groups in total. The number of rotatable bonds is 6. The van der Waals surface area contributed by atoms with Crippen molar-refractivity contribution in [3.63, 3.8) is 0 Å². The molecule has 156 valence electrons. The molecule has 0 atom stereocenters. The van der Waals surface area contributed by atoms with Crippen LogP contribution < -0.4 is 14.4 Å². The fourth-order valence-electron chi connectivity index (χ4n) is 3.09. The Kier molecular flexibility index (Phi) is 6.30. The highest BCUT2D eigenvalue weighted by Crippen LogP contribution is 2.37. The van der Waals surface area contributed by atoms with Crippen molar-refractivity contribution in [1.82, 2.24) is 0 Å². The molecule has 0 aliphatic carbocycles. The molecule has 3 aromatic rings. The van der Waals surface area contributed by atoms with Crippen LogP contribution in [0.1, 0.15) is 11.1 Å². The first-order chi connectivity index (χ1) is 15.0. The van der Waals surface area contributed by atoms with Crippen LogP contribution in [-0.4, -0.2) is 18.3 Å². The molecule has 4 rings (SSSR count). The molecule has 0 bridgehead atoms. The number of carbonyl (C=O) groups is 2. The Labute approximate surface area is 189 Å². The SMILES string of the molecule is COc1ccc(/C=C2/SC(=O)N(c3cccc(Cl)c3)C2=O)cc1OCc1ccccc1. The number of anilines is 1. The van der Waals surface area contributed by atoms with Gasteiger partial charge in [-0.05, 0) is 59.3 Å². The highest BCUT2D eigenvalue weighted by atomic mass is 35.5. The van der Waals surface area contributed by atoms with E-state index in [0.717, 1.165) is 27.8 Å². The van der Waals surface area contributed by atoms with Crippen LogP contribution in [0.2, 0.25) is 5.02 Å². The van der Waals surface area contributed by atoms with Crippen molar-refractivity contribution in [3.05, 3.63) is 93.9 Å². The van der Waals surface area contributed by atoms with Crippen LogP contribution >= 0.6 is 23.4 Å². The highest BCUT2D eigenvalue weighted by molar-refractivity contribution is 8.19. The lowest BCUT2D eigenvalue weighted by Crippen LogP contribution is -2.27. The number of ether oxygens (including phenoxy) is 2. The Morgan fingerprint density at radius 3 is 2.52 bits per heavy atom. The van der Waals surface area contributed by atoms with Crippen LogP contribution in [0.5, 0.6) is 11.5 Å². The minimum absolute atomic E-state index is 0.323. The van der Waals surface area contributed by atoms with E-state index in [1.54, 1.807) is 49.6 Å². The van der Waals surface area contributed by atoms with E-state index in [2.05, 4.69) is 0 Å². The quantitative estimate of drug-likeness (QED) is 0.419. The molecule has 1 fully saturated rings. The van der Waals surface area contributed by atoms with Crippen molar-refractivity contribution in [2.24, 2.45) is 0 Å². The molecule has 0 saturated carbocycles. The van der Waals surface area contributed by atoms with Gasteiger partial charge in [-0.25, -0.2) is 4.90 Å². The van der Waals surface area contributed by atoms with Gasteiger partial charge in [-0.1, -0.05) is 54.1 Å². The van der Waals surface area contributed by atoms with Gasteiger partial charge >= 0.3 is 0 Å². The van der Waals surface area contributed by atoms with E-state index in [1.165, 1.54) is 0 Å². The number of hydrogen-bond acceptors (Lipinski definition) is 5. The summed E-state index contributed by atoms with van der Waals surface area (Å²) >= 11 is 6.90. The third kappa shape index (κ3) is 4.76. The van der Waals surface area contributed by atoms with E-state index in [9.17, 15) is 9.59 Å². The van der Waals surface area contributed by atoms with Gasteiger partial charge in [0.05, 0.1) is 17.7 Å². The van der Waals surface area contributed by atoms with Gasteiger partial charge in [0.2, 0.25) is 0 Å². The lowest BCUT2D eigenvalue weighted by atomic mass is 10.1. The van der Waals surface area contributed by atoms with Gasteiger partial charge in [0.25, 0.3) is 11.1 Å². The fourth-order valence-corrected chi connectivity index (χ4v) is 4.11. The first kappa shape index (κ1) is 21.0. The molecule has 0 unspecified atom stereocenters. The van der Waals surface area contributed by atoms with E-state index in [4.69, 9.17) is 21.1 Å². The Morgan fingerprint density at radius 2 is 1.77 bits per heavy atom. The lowest BCUT2D eigenvalue weighted by Gasteiger charge is -2.12. The predicted molar refractivity (Wildman–Crippen MR) is 124 cm³/mol. The van der Waals surface area contributed by atoms with E-state index in [-0.39, 0.29) is 11.1 Å².